The van der Waals surface area contributed by atoms with E-state index in [1.807, 2.05) is 4.72 Å². The van der Waals surface area contributed by atoms with E-state index in [1.54, 1.807) is 24.3 Å². The number of halogens is 2. The van der Waals surface area contributed by atoms with Gasteiger partial charge in [-0.1, -0.05) is 23.7 Å². The van der Waals surface area contributed by atoms with E-state index in [-0.39, 0.29) is 23.0 Å². The van der Waals surface area contributed by atoms with Crippen LogP contribution in [0, 0.1) is 5.82 Å². The third-order valence-electron chi connectivity index (χ3n) is 4.25. The number of nitrogens with one attached hydrogen (secondary N) is 3. The smallest absolute Gasteiger partial charge is 0.257 e. The van der Waals surface area contributed by atoms with Crippen molar-refractivity contribution in [1.29, 1.82) is 0 Å². The maximum atomic E-state index is 14.1. The van der Waals surface area contributed by atoms with Crippen LogP contribution < -0.4 is 21.2 Å². The van der Waals surface area contributed by atoms with Crippen molar-refractivity contribution in [1.82, 2.24) is 15.0 Å². The van der Waals surface area contributed by atoms with Crippen molar-refractivity contribution >= 4 is 44.3 Å². The molecule has 9 nitrogen and oxygen atoms in total. The molecule has 0 aliphatic carbocycles. The summed E-state index contributed by atoms with van der Waals surface area (Å²) in [6.07, 6.45) is 1.03. The molecule has 3 aromatic rings. The predicted octanol–water partition coefficient (Wildman–Crippen LogP) is 1.01. The van der Waals surface area contributed by atoms with Crippen LogP contribution in [0.1, 0.15) is 15.9 Å². The zero-order valence-electron chi connectivity index (χ0n) is 15.7. The highest BCUT2D eigenvalue weighted by Crippen LogP contribution is 2.21. The molecule has 0 unspecified atom stereocenters. The van der Waals surface area contributed by atoms with E-state index in [4.69, 9.17) is 17.3 Å². The number of nitrogens with two attached hydrogens (primary N) is 1. The lowest BCUT2D eigenvalue weighted by Crippen LogP contribution is -2.34. The molecule has 1 heterocycles. The largest absolute Gasteiger partial charge is 0.369 e. The maximum absolute atomic E-state index is 14.1. The Morgan fingerprint density at radius 3 is 2.48 bits per heavy atom. The zero-order chi connectivity index (χ0) is 22.8. The second-order valence-corrected chi connectivity index (χ2v) is 8.63. The summed E-state index contributed by atoms with van der Waals surface area (Å²) in [4.78, 5) is 38.1. The van der Waals surface area contributed by atoms with Crippen LogP contribution in [0.25, 0.3) is 10.9 Å². The fraction of sp³-hybridized carbons (Fsp3) is 0.105. The molecule has 0 atom stereocenters. The van der Waals surface area contributed by atoms with Crippen LogP contribution in [0.5, 0.6) is 0 Å². The Morgan fingerprint density at radius 1 is 1.16 bits per heavy atom. The van der Waals surface area contributed by atoms with Gasteiger partial charge in [0, 0.05) is 17.8 Å². The summed E-state index contributed by atoms with van der Waals surface area (Å²) < 4.78 is 40.8. The van der Waals surface area contributed by atoms with Gasteiger partial charge in [0.2, 0.25) is 21.4 Å². The van der Waals surface area contributed by atoms with Gasteiger partial charge in [-0.25, -0.2) is 17.5 Å². The number of hydrogen-bond donors (Lipinski definition) is 4. The van der Waals surface area contributed by atoms with Gasteiger partial charge in [-0.15, -0.1) is 0 Å². The number of carbonyl (C=O) groups excluding carboxylic acids is 2. The monoisotopic (exact) mass is 466 g/mol. The molecule has 162 valence electrons. The number of fused-ring (bicyclic) bond motifs is 1. The number of carbonyl (C=O) groups is 2. The third kappa shape index (κ3) is 5.08. The second-order valence-electron chi connectivity index (χ2n) is 6.46. The van der Waals surface area contributed by atoms with Crippen molar-refractivity contribution < 1.29 is 22.4 Å². The normalized spacial score (nSPS) is 11.4. The Bertz CT molecular complexity index is 1340. The summed E-state index contributed by atoms with van der Waals surface area (Å²) in [5.74, 6) is -2.70. The molecule has 31 heavy (non-hydrogen) atoms. The Kier molecular flexibility index (Phi) is 6.39. The number of benzene rings is 2. The molecule has 2 aromatic carbocycles. The van der Waals surface area contributed by atoms with Crippen LogP contribution in [0.15, 0.2) is 52.3 Å². The maximum Gasteiger partial charge on any atom is 0.257 e. The number of amides is 2. The average molecular weight is 467 g/mol. The van der Waals surface area contributed by atoms with Gasteiger partial charge in [-0.2, -0.15) is 0 Å². The molecule has 0 saturated carbocycles. The minimum atomic E-state index is -4.38. The average Bonchev–Trinajstić information content (AvgIpc) is 2.72. The number of primary amides is 1. The molecular formula is C19H16ClFN4O5S. The highest BCUT2D eigenvalue weighted by atomic mass is 35.5. The number of hydrogen-bond acceptors (Lipinski definition) is 5. The first-order valence-corrected chi connectivity index (χ1v) is 10.6. The number of aromatic amines is 1. The highest BCUT2D eigenvalue weighted by Gasteiger charge is 2.23. The molecule has 5 N–H and O–H groups in total. The molecule has 0 saturated heterocycles. The van der Waals surface area contributed by atoms with E-state index in [1.165, 1.54) is 0 Å². The van der Waals surface area contributed by atoms with Crippen molar-refractivity contribution in [2.24, 2.45) is 5.73 Å². The van der Waals surface area contributed by atoms with Crippen molar-refractivity contribution in [2.45, 2.75) is 11.4 Å². The van der Waals surface area contributed by atoms with Crippen LogP contribution in [0.3, 0.4) is 0 Å². The molecule has 0 bridgehead atoms. The fourth-order valence-corrected chi connectivity index (χ4v) is 4.09. The molecule has 12 heteroatoms. The highest BCUT2D eigenvalue weighted by molar-refractivity contribution is 7.89. The Hall–Kier alpha value is -3.28. The van der Waals surface area contributed by atoms with E-state index in [0.717, 1.165) is 17.8 Å². The van der Waals surface area contributed by atoms with Crippen LogP contribution in [-0.4, -0.2) is 31.8 Å². The van der Waals surface area contributed by atoms with Gasteiger partial charge < -0.3 is 16.0 Å². The quantitative estimate of drug-likeness (QED) is 0.409. The van der Waals surface area contributed by atoms with E-state index in [9.17, 15) is 27.2 Å². The topological polar surface area (TPSA) is 151 Å². The summed E-state index contributed by atoms with van der Waals surface area (Å²) in [7, 11) is -4.38. The van der Waals surface area contributed by atoms with Crippen LogP contribution in [0.4, 0.5) is 4.39 Å². The summed E-state index contributed by atoms with van der Waals surface area (Å²) in [6, 6.07) is 8.17. The lowest BCUT2D eigenvalue weighted by atomic mass is 10.1. The SMILES string of the molecule is NC(=O)CNS(=O)(=O)c1cc(F)cc2c(=O)c(C(=O)NCc3ccc(Cl)cc3)c[nH]c12. The van der Waals surface area contributed by atoms with Crippen LogP contribution in [-0.2, 0) is 21.4 Å². The molecule has 0 aliphatic rings. The van der Waals surface area contributed by atoms with Crippen LogP contribution >= 0.6 is 11.6 Å². The molecule has 0 fully saturated rings. The number of sulfonamides is 1. The Morgan fingerprint density at radius 2 is 1.84 bits per heavy atom. The first-order valence-electron chi connectivity index (χ1n) is 8.74. The number of rotatable bonds is 7. The lowest BCUT2D eigenvalue weighted by molar-refractivity contribution is -0.116. The van der Waals surface area contributed by atoms with Gasteiger partial charge in [0.15, 0.2) is 0 Å². The molecule has 1 aromatic heterocycles. The first-order chi connectivity index (χ1) is 14.6. The van der Waals surface area contributed by atoms with Gasteiger partial charge in [-0.05, 0) is 29.8 Å². The van der Waals surface area contributed by atoms with Crippen molar-refractivity contribution in [3.05, 3.63) is 74.8 Å². The van der Waals surface area contributed by atoms with E-state index in [2.05, 4.69) is 10.3 Å². The minimum absolute atomic E-state index is 0.104. The minimum Gasteiger partial charge on any atom is -0.369 e. The van der Waals surface area contributed by atoms with Gasteiger partial charge in [0.25, 0.3) is 5.91 Å². The first kappa shape index (κ1) is 22.4. The summed E-state index contributed by atoms with van der Waals surface area (Å²) in [5, 5.41) is 2.73. The predicted molar refractivity (Wildman–Crippen MR) is 112 cm³/mol. The Balaban J connectivity index is 1.96. The molecule has 2 amide bonds. The molecule has 0 spiro atoms. The van der Waals surface area contributed by atoms with E-state index in [0.29, 0.717) is 11.1 Å². The number of pyridine rings is 1. The van der Waals surface area contributed by atoms with Crippen molar-refractivity contribution in [2.75, 3.05) is 6.54 Å². The van der Waals surface area contributed by atoms with E-state index >= 15 is 0 Å². The number of aromatic nitrogens is 1. The van der Waals surface area contributed by atoms with Gasteiger partial charge in [0.05, 0.1) is 17.4 Å². The third-order valence-corrected chi connectivity index (χ3v) is 5.93. The molecule has 0 aliphatic heterocycles. The zero-order valence-corrected chi connectivity index (χ0v) is 17.3. The lowest BCUT2D eigenvalue weighted by Gasteiger charge is -2.10. The van der Waals surface area contributed by atoms with Crippen LogP contribution in [0.2, 0.25) is 5.02 Å². The second kappa shape index (κ2) is 8.84. The van der Waals surface area contributed by atoms with Crippen molar-refractivity contribution in [3.63, 3.8) is 0 Å². The van der Waals surface area contributed by atoms with Gasteiger partial charge in [-0.3, -0.25) is 14.4 Å². The fourth-order valence-electron chi connectivity index (χ4n) is 2.77. The molecular weight excluding hydrogens is 451 g/mol. The molecule has 3 rings (SSSR count). The molecule has 0 radical (unpaired) electrons. The van der Waals surface area contributed by atoms with Gasteiger partial charge >= 0.3 is 0 Å². The summed E-state index contributed by atoms with van der Waals surface area (Å²) in [5.41, 5.74) is 4.23. The standard InChI is InChI=1S/C19H16ClFN4O5S/c20-11-3-1-10(2-4-11)7-24-19(28)14-8-23-17-13(18(14)27)5-12(21)6-15(17)31(29,30)25-9-16(22)26/h1-6,8,25H,7,9H2,(H2,22,26)(H,23,27)(H,24,28). The van der Waals surface area contributed by atoms with Gasteiger partial charge in [0.1, 0.15) is 16.3 Å². The number of H-pyrrole nitrogens is 1. The van der Waals surface area contributed by atoms with E-state index < -0.39 is 44.5 Å². The Labute approximate surface area is 180 Å². The summed E-state index contributed by atoms with van der Waals surface area (Å²) >= 11 is 5.81. The summed E-state index contributed by atoms with van der Waals surface area (Å²) in [6.45, 7) is -0.608. The van der Waals surface area contributed by atoms with Crippen molar-refractivity contribution in [3.8, 4) is 0 Å².